The van der Waals surface area contributed by atoms with Crippen LogP contribution in [0.2, 0.25) is 0 Å². The van der Waals surface area contributed by atoms with E-state index >= 15 is 0 Å². The summed E-state index contributed by atoms with van der Waals surface area (Å²) in [5.41, 5.74) is 0.342. The standard InChI is InChI=1S/C16H17N2O7/c19-11-6-7-18(16(23)17-11)14-13(21)12(20)10(25-14)8-24-15(22)9-4-2-1-3-5-9/h1-5,7,10,12-14,20-21H,6,8H2,(H,17,19,23)/t10-,12-,13-,14-/m1/s1. The molecule has 2 fully saturated rings. The Bertz CT molecular complexity index is 666. The first kappa shape index (κ1) is 17.3. The Labute approximate surface area is 143 Å². The van der Waals surface area contributed by atoms with Crippen molar-refractivity contribution in [2.24, 2.45) is 0 Å². The first-order chi connectivity index (χ1) is 12.0. The van der Waals surface area contributed by atoms with Gasteiger partial charge in [-0.25, -0.2) is 9.59 Å². The van der Waals surface area contributed by atoms with Crippen molar-refractivity contribution in [3.63, 3.8) is 0 Å². The molecule has 4 atom stereocenters. The van der Waals surface area contributed by atoms with Crippen LogP contribution >= 0.6 is 0 Å². The fraction of sp³-hybridized carbons (Fsp3) is 0.375. The molecule has 3 N–H and O–H groups in total. The van der Waals surface area contributed by atoms with Crippen LogP contribution in [-0.2, 0) is 14.3 Å². The van der Waals surface area contributed by atoms with E-state index in [9.17, 15) is 24.6 Å². The molecule has 9 heteroatoms. The molecule has 0 unspecified atom stereocenters. The molecule has 1 aromatic rings. The monoisotopic (exact) mass is 349 g/mol. The predicted molar refractivity (Wildman–Crippen MR) is 81.7 cm³/mol. The molecule has 1 aromatic carbocycles. The summed E-state index contributed by atoms with van der Waals surface area (Å²) in [4.78, 5) is 35.9. The number of esters is 1. The number of carbonyl (C=O) groups excluding carboxylic acids is 3. The number of imide groups is 1. The highest BCUT2D eigenvalue weighted by Crippen LogP contribution is 2.27. The van der Waals surface area contributed by atoms with E-state index in [1.165, 1.54) is 6.54 Å². The Morgan fingerprint density at radius 1 is 1.24 bits per heavy atom. The molecule has 0 bridgehead atoms. The van der Waals surface area contributed by atoms with Crippen molar-refractivity contribution in [2.45, 2.75) is 31.0 Å². The number of hydrogen-bond acceptors (Lipinski definition) is 7. The third-order valence-corrected chi connectivity index (χ3v) is 3.95. The lowest BCUT2D eigenvalue weighted by atomic mass is 10.1. The number of amides is 3. The average molecular weight is 349 g/mol. The number of hydrogen-bond donors (Lipinski definition) is 3. The molecular formula is C16H17N2O7. The van der Waals surface area contributed by atoms with Gasteiger partial charge in [0.1, 0.15) is 24.9 Å². The zero-order valence-electron chi connectivity index (χ0n) is 13.1. The normalized spacial score (nSPS) is 29.4. The quantitative estimate of drug-likeness (QED) is 0.619. The molecule has 2 aliphatic heterocycles. The van der Waals surface area contributed by atoms with Gasteiger partial charge in [0.2, 0.25) is 5.91 Å². The Hall–Kier alpha value is -2.49. The largest absolute Gasteiger partial charge is 0.459 e. The van der Waals surface area contributed by atoms with E-state index < -0.39 is 42.4 Å². The molecule has 3 rings (SSSR count). The summed E-state index contributed by atoms with van der Waals surface area (Å²) in [5, 5.41) is 22.3. The summed E-state index contributed by atoms with van der Waals surface area (Å²) in [7, 11) is 0. The summed E-state index contributed by atoms with van der Waals surface area (Å²) >= 11 is 0. The van der Waals surface area contributed by atoms with Crippen LogP contribution < -0.4 is 5.32 Å². The van der Waals surface area contributed by atoms with Gasteiger partial charge >= 0.3 is 12.0 Å². The summed E-state index contributed by atoms with van der Waals surface area (Å²) in [6.07, 6.45) is -5.00. The van der Waals surface area contributed by atoms with Crippen molar-refractivity contribution in [2.75, 3.05) is 6.61 Å². The summed E-state index contributed by atoms with van der Waals surface area (Å²) < 4.78 is 10.6. The SMILES string of the molecule is O=C1C[CH]N([C@@H]2O[C@H](COC(=O)c3ccccc3)[C@@H](O)[C@H]2O)C(=O)N1. The number of urea groups is 1. The minimum Gasteiger partial charge on any atom is -0.459 e. The maximum Gasteiger partial charge on any atom is 0.338 e. The number of carbonyl (C=O) groups is 3. The molecule has 9 nitrogen and oxygen atoms in total. The molecule has 0 spiro atoms. The van der Waals surface area contributed by atoms with E-state index in [2.05, 4.69) is 5.32 Å². The van der Waals surface area contributed by atoms with E-state index in [1.54, 1.807) is 30.3 Å². The predicted octanol–water partition coefficient (Wildman–Crippen LogP) is -0.606. The van der Waals surface area contributed by atoms with Crippen molar-refractivity contribution >= 4 is 17.9 Å². The average Bonchev–Trinajstić information content (AvgIpc) is 2.89. The van der Waals surface area contributed by atoms with Gasteiger partial charge in [-0.1, -0.05) is 18.2 Å². The lowest BCUT2D eigenvalue weighted by molar-refractivity contribution is -0.123. The van der Waals surface area contributed by atoms with Crippen molar-refractivity contribution < 1.29 is 34.1 Å². The first-order valence-electron chi connectivity index (χ1n) is 7.66. The molecule has 1 radical (unpaired) electrons. The topological polar surface area (TPSA) is 125 Å². The summed E-state index contributed by atoms with van der Waals surface area (Å²) in [5.74, 6) is -1.06. The van der Waals surface area contributed by atoms with E-state index in [4.69, 9.17) is 9.47 Å². The zero-order valence-corrected chi connectivity index (χ0v) is 13.1. The third-order valence-electron chi connectivity index (χ3n) is 3.95. The highest BCUT2D eigenvalue weighted by molar-refractivity contribution is 5.97. The van der Waals surface area contributed by atoms with Gasteiger partial charge in [0, 0.05) is 6.42 Å². The fourth-order valence-electron chi connectivity index (χ4n) is 2.63. The molecule has 0 aromatic heterocycles. The van der Waals surface area contributed by atoms with Crippen molar-refractivity contribution in [1.29, 1.82) is 0 Å². The van der Waals surface area contributed by atoms with Gasteiger partial charge < -0.3 is 19.7 Å². The second-order valence-corrected chi connectivity index (χ2v) is 5.66. The van der Waals surface area contributed by atoms with Gasteiger partial charge in [-0.2, -0.15) is 0 Å². The van der Waals surface area contributed by atoms with Crippen LogP contribution in [0.3, 0.4) is 0 Å². The van der Waals surface area contributed by atoms with Gasteiger partial charge in [-0.15, -0.1) is 0 Å². The number of ether oxygens (including phenoxy) is 2. The molecular weight excluding hydrogens is 332 g/mol. The molecule has 2 heterocycles. The van der Waals surface area contributed by atoms with Crippen LogP contribution in [0.25, 0.3) is 0 Å². The van der Waals surface area contributed by atoms with Gasteiger partial charge in [0.05, 0.1) is 12.1 Å². The van der Waals surface area contributed by atoms with Crippen LogP contribution in [0, 0.1) is 6.54 Å². The van der Waals surface area contributed by atoms with Gasteiger partial charge in [-0.3, -0.25) is 15.0 Å². The lowest BCUT2D eigenvalue weighted by Gasteiger charge is -2.32. The molecule has 0 aliphatic carbocycles. The van der Waals surface area contributed by atoms with Crippen LogP contribution in [0.5, 0.6) is 0 Å². The van der Waals surface area contributed by atoms with Crippen LogP contribution in [0.15, 0.2) is 30.3 Å². The van der Waals surface area contributed by atoms with Gasteiger partial charge in [0.25, 0.3) is 0 Å². The molecule has 3 amide bonds. The first-order valence-corrected chi connectivity index (χ1v) is 7.66. The van der Waals surface area contributed by atoms with Crippen molar-refractivity contribution in [1.82, 2.24) is 10.2 Å². The van der Waals surface area contributed by atoms with E-state index in [0.717, 1.165) is 4.90 Å². The molecule has 133 valence electrons. The zero-order chi connectivity index (χ0) is 18.0. The number of aliphatic hydroxyl groups excluding tert-OH is 2. The minimum atomic E-state index is -1.41. The second-order valence-electron chi connectivity index (χ2n) is 5.66. The Morgan fingerprint density at radius 2 is 1.96 bits per heavy atom. The maximum atomic E-state index is 11.9. The number of aliphatic hydroxyl groups is 2. The number of nitrogens with zero attached hydrogens (tertiary/aromatic N) is 1. The second kappa shape index (κ2) is 7.18. The van der Waals surface area contributed by atoms with Crippen LogP contribution in [0.4, 0.5) is 4.79 Å². The van der Waals surface area contributed by atoms with Crippen LogP contribution in [0.1, 0.15) is 16.8 Å². The number of benzene rings is 1. The van der Waals surface area contributed by atoms with E-state index in [1.807, 2.05) is 0 Å². The maximum absolute atomic E-state index is 11.9. The highest BCUT2D eigenvalue weighted by atomic mass is 16.6. The number of rotatable bonds is 4. The van der Waals surface area contributed by atoms with Crippen molar-refractivity contribution in [3.8, 4) is 0 Å². The Kier molecular flexibility index (Phi) is 4.98. The smallest absolute Gasteiger partial charge is 0.338 e. The van der Waals surface area contributed by atoms with Crippen molar-refractivity contribution in [3.05, 3.63) is 42.4 Å². The fourth-order valence-corrected chi connectivity index (χ4v) is 2.63. The van der Waals surface area contributed by atoms with Crippen LogP contribution in [-0.4, -0.2) is 64.2 Å². The summed E-state index contributed by atoms with van der Waals surface area (Å²) in [6, 6.07) is 7.53. The van der Waals surface area contributed by atoms with Gasteiger partial charge in [0.15, 0.2) is 6.23 Å². The lowest BCUT2D eigenvalue weighted by Crippen LogP contribution is -2.54. The Morgan fingerprint density at radius 3 is 2.64 bits per heavy atom. The van der Waals surface area contributed by atoms with E-state index in [0.29, 0.717) is 5.56 Å². The molecule has 25 heavy (non-hydrogen) atoms. The molecule has 0 saturated carbocycles. The molecule has 2 aliphatic rings. The molecule has 2 saturated heterocycles. The minimum absolute atomic E-state index is 0.0535. The number of nitrogens with one attached hydrogen (secondary N) is 1. The van der Waals surface area contributed by atoms with E-state index in [-0.39, 0.29) is 13.0 Å². The Balaban J connectivity index is 1.59. The van der Waals surface area contributed by atoms with Gasteiger partial charge in [-0.05, 0) is 12.1 Å². The third kappa shape index (κ3) is 3.63. The summed E-state index contributed by atoms with van der Waals surface area (Å²) in [6.45, 7) is 0.983. The highest BCUT2D eigenvalue weighted by Gasteiger charge is 2.48.